The van der Waals surface area contributed by atoms with Gasteiger partial charge >= 0.3 is 0 Å². The van der Waals surface area contributed by atoms with Crippen LogP contribution < -0.4 is 10.9 Å². The number of para-hydroxylation sites is 1. The predicted molar refractivity (Wildman–Crippen MR) is 79.8 cm³/mol. The summed E-state index contributed by atoms with van der Waals surface area (Å²) in [4.78, 5) is 22.0. The van der Waals surface area contributed by atoms with Gasteiger partial charge in [-0.05, 0) is 25.5 Å². The molecule has 1 aliphatic heterocycles. The Bertz CT molecular complexity index is 679. The van der Waals surface area contributed by atoms with Crippen LogP contribution in [0.15, 0.2) is 23.0 Å². The summed E-state index contributed by atoms with van der Waals surface area (Å²) in [6.45, 7) is 7.82. The fourth-order valence-corrected chi connectivity index (χ4v) is 2.79. The molecular weight excluding hydrogens is 252 g/mol. The molecule has 106 valence electrons. The molecule has 0 amide bonds. The van der Waals surface area contributed by atoms with Crippen molar-refractivity contribution in [2.24, 2.45) is 0 Å². The smallest absolute Gasteiger partial charge is 0.258 e. The maximum atomic E-state index is 12.1. The minimum Gasteiger partial charge on any atom is -0.312 e. The maximum Gasteiger partial charge on any atom is 0.258 e. The maximum absolute atomic E-state index is 12.1. The first kappa shape index (κ1) is 13.3. The van der Waals surface area contributed by atoms with Gasteiger partial charge in [-0.1, -0.05) is 12.1 Å². The van der Waals surface area contributed by atoms with Gasteiger partial charge in [0.05, 0.1) is 17.4 Å². The Kier molecular flexibility index (Phi) is 3.54. The van der Waals surface area contributed by atoms with Crippen molar-refractivity contribution in [3.63, 3.8) is 0 Å². The van der Waals surface area contributed by atoms with Gasteiger partial charge in [-0.2, -0.15) is 0 Å². The van der Waals surface area contributed by atoms with E-state index in [-0.39, 0.29) is 5.56 Å². The van der Waals surface area contributed by atoms with Gasteiger partial charge < -0.3 is 10.3 Å². The number of aromatic amines is 1. The second kappa shape index (κ2) is 5.34. The van der Waals surface area contributed by atoms with Gasteiger partial charge in [0, 0.05) is 25.7 Å². The van der Waals surface area contributed by atoms with Crippen LogP contribution in [0, 0.1) is 6.92 Å². The largest absolute Gasteiger partial charge is 0.312 e. The summed E-state index contributed by atoms with van der Waals surface area (Å²) in [6, 6.07) is 6.19. The fourth-order valence-electron chi connectivity index (χ4n) is 2.79. The zero-order chi connectivity index (χ0) is 14.1. The number of nitrogens with zero attached hydrogens (tertiary/aromatic N) is 2. The summed E-state index contributed by atoms with van der Waals surface area (Å²) in [5.41, 5.74) is 1.81. The molecule has 1 aliphatic rings. The normalized spacial score (nSPS) is 20.4. The molecule has 5 nitrogen and oxygen atoms in total. The summed E-state index contributed by atoms with van der Waals surface area (Å²) >= 11 is 0. The van der Waals surface area contributed by atoms with Crippen LogP contribution in [-0.4, -0.2) is 40.5 Å². The van der Waals surface area contributed by atoms with E-state index in [0.29, 0.717) is 18.0 Å². The lowest BCUT2D eigenvalue weighted by molar-refractivity contribution is 0.195. The molecule has 0 unspecified atom stereocenters. The van der Waals surface area contributed by atoms with Gasteiger partial charge in [0.1, 0.15) is 5.82 Å². The number of H-pyrrole nitrogens is 1. The lowest BCUT2D eigenvalue weighted by Gasteiger charge is -2.31. The zero-order valence-electron chi connectivity index (χ0n) is 11.9. The van der Waals surface area contributed by atoms with Gasteiger partial charge in [0.25, 0.3) is 5.56 Å². The highest BCUT2D eigenvalue weighted by Gasteiger charge is 2.17. The molecule has 1 fully saturated rings. The molecule has 0 aliphatic carbocycles. The molecular formula is C15H20N4O. The van der Waals surface area contributed by atoms with Gasteiger partial charge in [-0.3, -0.25) is 9.69 Å². The number of fused-ring (bicyclic) bond motifs is 1. The number of aryl methyl sites for hydroxylation is 1. The van der Waals surface area contributed by atoms with Gasteiger partial charge in [-0.15, -0.1) is 0 Å². The summed E-state index contributed by atoms with van der Waals surface area (Å²) in [7, 11) is 0. The number of benzene rings is 1. The number of hydrogen-bond acceptors (Lipinski definition) is 4. The van der Waals surface area contributed by atoms with Crippen molar-refractivity contribution in [2.45, 2.75) is 26.4 Å². The van der Waals surface area contributed by atoms with Crippen LogP contribution in [-0.2, 0) is 6.54 Å². The Morgan fingerprint density at radius 2 is 2.30 bits per heavy atom. The van der Waals surface area contributed by atoms with Gasteiger partial charge in [-0.25, -0.2) is 4.98 Å². The first-order valence-electron chi connectivity index (χ1n) is 7.08. The molecule has 0 radical (unpaired) electrons. The molecule has 1 aromatic carbocycles. The Morgan fingerprint density at radius 3 is 3.10 bits per heavy atom. The van der Waals surface area contributed by atoms with E-state index < -0.39 is 0 Å². The van der Waals surface area contributed by atoms with E-state index in [1.54, 1.807) is 0 Å². The monoisotopic (exact) mass is 272 g/mol. The Labute approximate surface area is 118 Å². The van der Waals surface area contributed by atoms with Crippen molar-refractivity contribution in [2.75, 3.05) is 19.6 Å². The van der Waals surface area contributed by atoms with Crippen LogP contribution in [0.4, 0.5) is 0 Å². The fraction of sp³-hybridized carbons (Fsp3) is 0.467. The van der Waals surface area contributed by atoms with Crippen LogP contribution in [0.25, 0.3) is 10.9 Å². The summed E-state index contributed by atoms with van der Waals surface area (Å²) in [5, 5.41) is 4.08. The van der Waals surface area contributed by atoms with E-state index in [4.69, 9.17) is 0 Å². The third-order valence-electron chi connectivity index (χ3n) is 3.81. The predicted octanol–water partition coefficient (Wildman–Crippen LogP) is 1.03. The van der Waals surface area contributed by atoms with Gasteiger partial charge in [0.2, 0.25) is 0 Å². The molecule has 0 spiro atoms. The Hall–Kier alpha value is -1.72. The first-order chi connectivity index (χ1) is 9.63. The van der Waals surface area contributed by atoms with Crippen LogP contribution in [0.3, 0.4) is 0 Å². The molecule has 0 bridgehead atoms. The standard InChI is InChI=1S/C15H20N4O/c1-10-4-3-5-12-14(10)17-13(18-15(12)20)9-19-7-6-16-11(2)8-19/h3-5,11,16H,6-9H2,1-2H3,(H,17,18,20)/t11-/m0/s1. The summed E-state index contributed by atoms with van der Waals surface area (Å²) in [6.07, 6.45) is 0. The number of rotatable bonds is 2. The highest BCUT2D eigenvalue weighted by Crippen LogP contribution is 2.13. The zero-order valence-corrected chi connectivity index (χ0v) is 11.9. The number of piperazine rings is 1. The molecule has 1 aromatic heterocycles. The highest BCUT2D eigenvalue weighted by atomic mass is 16.1. The first-order valence-corrected chi connectivity index (χ1v) is 7.08. The summed E-state index contributed by atoms with van der Waals surface area (Å²) in [5.74, 6) is 0.755. The molecule has 1 atom stereocenters. The topological polar surface area (TPSA) is 61.0 Å². The number of hydrogen-bond donors (Lipinski definition) is 2. The van der Waals surface area contributed by atoms with Crippen molar-refractivity contribution in [1.82, 2.24) is 20.2 Å². The lowest BCUT2D eigenvalue weighted by atomic mass is 10.1. The Balaban J connectivity index is 1.92. The van der Waals surface area contributed by atoms with Gasteiger partial charge in [0.15, 0.2) is 0 Å². The second-order valence-corrected chi connectivity index (χ2v) is 5.57. The average Bonchev–Trinajstić information content (AvgIpc) is 2.40. The van der Waals surface area contributed by atoms with Crippen molar-refractivity contribution >= 4 is 10.9 Å². The van der Waals surface area contributed by atoms with E-state index in [1.165, 1.54) is 0 Å². The van der Waals surface area contributed by atoms with Crippen LogP contribution >= 0.6 is 0 Å². The quantitative estimate of drug-likeness (QED) is 0.857. The Morgan fingerprint density at radius 1 is 1.45 bits per heavy atom. The number of aromatic nitrogens is 2. The van der Waals surface area contributed by atoms with E-state index in [1.807, 2.05) is 25.1 Å². The summed E-state index contributed by atoms with van der Waals surface area (Å²) < 4.78 is 0. The van der Waals surface area contributed by atoms with E-state index >= 15 is 0 Å². The van der Waals surface area contributed by atoms with Crippen molar-refractivity contribution in [3.05, 3.63) is 39.9 Å². The van der Waals surface area contributed by atoms with Crippen molar-refractivity contribution in [3.8, 4) is 0 Å². The molecule has 2 aromatic rings. The number of nitrogens with one attached hydrogen (secondary N) is 2. The molecule has 2 N–H and O–H groups in total. The molecule has 3 rings (SSSR count). The minimum absolute atomic E-state index is 0.0446. The van der Waals surface area contributed by atoms with Crippen LogP contribution in [0.2, 0.25) is 0 Å². The van der Waals surface area contributed by atoms with E-state index in [2.05, 4.69) is 27.1 Å². The van der Waals surface area contributed by atoms with Crippen LogP contribution in [0.5, 0.6) is 0 Å². The van der Waals surface area contributed by atoms with Crippen molar-refractivity contribution < 1.29 is 0 Å². The van der Waals surface area contributed by atoms with Crippen LogP contribution in [0.1, 0.15) is 18.3 Å². The minimum atomic E-state index is -0.0446. The second-order valence-electron chi connectivity index (χ2n) is 5.57. The lowest BCUT2D eigenvalue weighted by Crippen LogP contribution is -2.48. The van der Waals surface area contributed by atoms with E-state index in [0.717, 1.165) is 36.5 Å². The SMILES string of the molecule is Cc1cccc2c(=O)[nH]c(CN3CCN[C@@H](C)C3)nc12. The molecule has 5 heteroatoms. The molecule has 20 heavy (non-hydrogen) atoms. The van der Waals surface area contributed by atoms with E-state index in [9.17, 15) is 4.79 Å². The van der Waals surface area contributed by atoms with Crippen molar-refractivity contribution in [1.29, 1.82) is 0 Å². The highest BCUT2D eigenvalue weighted by molar-refractivity contribution is 5.80. The molecule has 0 saturated carbocycles. The third kappa shape index (κ3) is 2.59. The molecule has 1 saturated heterocycles. The average molecular weight is 272 g/mol. The molecule has 2 heterocycles. The third-order valence-corrected chi connectivity index (χ3v) is 3.81.